The summed E-state index contributed by atoms with van der Waals surface area (Å²) in [5.74, 6) is 0.948. The predicted octanol–water partition coefficient (Wildman–Crippen LogP) is 1.16. The van der Waals surface area contributed by atoms with Crippen LogP contribution in [-0.4, -0.2) is 92.1 Å². The van der Waals surface area contributed by atoms with Crippen LogP contribution in [0.3, 0.4) is 0 Å². The average molecular weight is 389 g/mol. The maximum Gasteiger partial charge on any atom is 0.260 e. The van der Waals surface area contributed by atoms with E-state index in [1.165, 1.54) is 0 Å². The first kappa shape index (κ1) is 20.6. The molecule has 2 heterocycles. The van der Waals surface area contributed by atoms with Crippen molar-refractivity contribution in [3.8, 4) is 5.75 Å². The minimum atomic E-state index is -0.0601. The van der Waals surface area contributed by atoms with E-state index in [0.717, 1.165) is 43.8 Å². The third-order valence-corrected chi connectivity index (χ3v) is 5.60. The molecule has 2 amide bonds. The van der Waals surface area contributed by atoms with Gasteiger partial charge in [0.1, 0.15) is 5.75 Å². The number of carbonyl (C=O) groups excluding carboxylic acids is 2. The average Bonchev–Trinajstić information content (AvgIpc) is 2.91. The fourth-order valence-corrected chi connectivity index (χ4v) is 3.93. The maximum absolute atomic E-state index is 12.7. The highest BCUT2D eigenvalue weighted by molar-refractivity contribution is 5.84. The Kier molecular flexibility index (Phi) is 7.28. The van der Waals surface area contributed by atoms with Crippen molar-refractivity contribution in [2.45, 2.75) is 25.8 Å². The van der Waals surface area contributed by atoms with Gasteiger partial charge in [0.2, 0.25) is 5.91 Å². The summed E-state index contributed by atoms with van der Waals surface area (Å²) in [5.41, 5.74) is 1.02. The minimum absolute atomic E-state index is 0.00423. The molecule has 1 aromatic carbocycles. The Morgan fingerprint density at radius 2 is 1.96 bits per heavy atom. The number of nitrogens with zero attached hydrogens (tertiary/aromatic N) is 3. The predicted molar refractivity (Wildman–Crippen MR) is 106 cm³/mol. The monoisotopic (exact) mass is 389 g/mol. The Balaban J connectivity index is 1.49. The first-order valence-electron chi connectivity index (χ1n) is 10.1. The molecule has 3 rings (SSSR count). The Hall–Kier alpha value is -2.12. The molecule has 28 heavy (non-hydrogen) atoms. The van der Waals surface area contributed by atoms with Crippen LogP contribution in [0.4, 0.5) is 0 Å². The van der Waals surface area contributed by atoms with Crippen LogP contribution in [0.15, 0.2) is 24.3 Å². The van der Waals surface area contributed by atoms with Gasteiger partial charge in [-0.3, -0.25) is 14.5 Å². The Morgan fingerprint density at radius 1 is 1.14 bits per heavy atom. The second kappa shape index (κ2) is 9.89. The zero-order chi connectivity index (χ0) is 19.9. The van der Waals surface area contributed by atoms with E-state index < -0.39 is 0 Å². The highest BCUT2D eigenvalue weighted by Crippen LogP contribution is 2.20. The normalized spacial score (nSPS) is 21.1. The van der Waals surface area contributed by atoms with E-state index in [2.05, 4.69) is 4.90 Å². The molecule has 0 N–H and O–H groups in total. The van der Waals surface area contributed by atoms with Gasteiger partial charge < -0.3 is 19.3 Å². The van der Waals surface area contributed by atoms with Crippen LogP contribution in [0.2, 0.25) is 0 Å². The Morgan fingerprint density at radius 3 is 2.75 bits per heavy atom. The number of methoxy groups -OCH3 is 1. The van der Waals surface area contributed by atoms with Crippen molar-refractivity contribution in [3.05, 3.63) is 29.8 Å². The summed E-state index contributed by atoms with van der Waals surface area (Å²) in [4.78, 5) is 31.2. The molecule has 7 nitrogen and oxygen atoms in total. The molecule has 2 aliphatic heterocycles. The molecule has 0 bridgehead atoms. The van der Waals surface area contributed by atoms with Crippen molar-refractivity contribution < 1.29 is 19.1 Å². The minimum Gasteiger partial charge on any atom is -0.484 e. The SMILES string of the molecule is COCCN1CC[C@@H](N2CCCN(C(=O)COc3ccccc3C)CC2)C1=O. The van der Waals surface area contributed by atoms with Crippen molar-refractivity contribution in [1.82, 2.24) is 14.7 Å². The molecule has 0 aliphatic carbocycles. The number of rotatable bonds is 7. The van der Waals surface area contributed by atoms with Gasteiger partial charge in [-0.1, -0.05) is 18.2 Å². The zero-order valence-electron chi connectivity index (χ0n) is 16.9. The van der Waals surface area contributed by atoms with Crippen molar-refractivity contribution in [3.63, 3.8) is 0 Å². The lowest BCUT2D eigenvalue weighted by atomic mass is 10.2. The topological polar surface area (TPSA) is 62.3 Å². The molecule has 2 saturated heterocycles. The van der Waals surface area contributed by atoms with E-state index in [1.807, 2.05) is 41.0 Å². The smallest absolute Gasteiger partial charge is 0.260 e. The number of aryl methyl sites for hydroxylation is 1. The van der Waals surface area contributed by atoms with Crippen LogP contribution in [0.25, 0.3) is 0 Å². The maximum atomic E-state index is 12.7. The van der Waals surface area contributed by atoms with E-state index >= 15 is 0 Å². The fraction of sp³-hybridized carbons (Fsp3) is 0.619. The quantitative estimate of drug-likeness (QED) is 0.700. The van der Waals surface area contributed by atoms with Crippen molar-refractivity contribution >= 4 is 11.8 Å². The lowest BCUT2D eigenvalue weighted by Crippen LogP contribution is -2.44. The van der Waals surface area contributed by atoms with E-state index in [4.69, 9.17) is 9.47 Å². The van der Waals surface area contributed by atoms with Crippen LogP contribution in [-0.2, 0) is 14.3 Å². The van der Waals surface area contributed by atoms with Crippen LogP contribution in [0, 0.1) is 6.92 Å². The van der Waals surface area contributed by atoms with Gasteiger partial charge in [-0.25, -0.2) is 0 Å². The van der Waals surface area contributed by atoms with Gasteiger partial charge in [0, 0.05) is 46.4 Å². The van der Waals surface area contributed by atoms with Crippen LogP contribution in [0.5, 0.6) is 5.75 Å². The fourth-order valence-electron chi connectivity index (χ4n) is 3.93. The van der Waals surface area contributed by atoms with E-state index in [0.29, 0.717) is 26.2 Å². The summed E-state index contributed by atoms with van der Waals surface area (Å²) in [6.45, 7) is 6.95. The third-order valence-electron chi connectivity index (χ3n) is 5.60. The Bertz CT molecular complexity index is 681. The summed E-state index contributed by atoms with van der Waals surface area (Å²) in [5, 5.41) is 0. The van der Waals surface area contributed by atoms with Crippen molar-refractivity contribution in [2.75, 3.05) is 59.6 Å². The molecule has 7 heteroatoms. The molecule has 0 aromatic heterocycles. The lowest BCUT2D eigenvalue weighted by molar-refractivity contribution is -0.133. The first-order valence-corrected chi connectivity index (χ1v) is 10.1. The van der Waals surface area contributed by atoms with Crippen LogP contribution < -0.4 is 4.74 Å². The van der Waals surface area contributed by atoms with E-state index in [9.17, 15) is 9.59 Å². The van der Waals surface area contributed by atoms with Crippen molar-refractivity contribution in [1.29, 1.82) is 0 Å². The van der Waals surface area contributed by atoms with Crippen LogP contribution >= 0.6 is 0 Å². The molecule has 1 aromatic rings. The molecular weight excluding hydrogens is 358 g/mol. The number of hydrogen-bond donors (Lipinski definition) is 0. The lowest BCUT2D eigenvalue weighted by Gasteiger charge is -2.26. The van der Waals surface area contributed by atoms with Gasteiger partial charge in [-0.15, -0.1) is 0 Å². The molecular formula is C21H31N3O4. The molecule has 0 radical (unpaired) electrons. The van der Waals surface area contributed by atoms with E-state index in [-0.39, 0.29) is 24.5 Å². The molecule has 2 aliphatic rings. The Labute approximate surface area is 167 Å². The number of benzene rings is 1. The molecule has 1 atom stereocenters. The number of para-hydroxylation sites is 1. The van der Waals surface area contributed by atoms with E-state index in [1.54, 1.807) is 7.11 Å². The third kappa shape index (κ3) is 5.02. The first-order chi connectivity index (χ1) is 13.6. The highest BCUT2D eigenvalue weighted by Gasteiger charge is 2.36. The van der Waals surface area contributed by atoms with Gasteiger partial charge in [0.25, 0.3) is 5.91 Å². The molecule has 0 unspecified atom stereocenters. The second-order valence-corrected chi connectivity index (χ2v) is 7.45. The second-order valence-electron chi connectivity index (χ2n) is 7.45. The van der Waals surface area contributed by atoms with Gasteiger partial charge in [0.15, 0.2) is 6.61 Å². The standard InChI is InChI=1S/C21H31N3O4/c1-17-6-3-4-7-19(17)28-16-20(25)23-10-5-9-22(12-13-23)18-8-11-24(21(18)26)14-15-27-2/h3-4,6-7,18H,5,8-16H2,1-2H3/t18-/m1/s1. The largest absolute Gasteiger partial charge is 0.484 e. The molecule has 2 fully saturated rings. The van der Waals surface area contributed by atoms with Gasteiger partial charge in [-0.05, 0) is 31.4 Å². The number of hydrogen-bond acceptors (Lipinski definition) is 5. The summed E-state index contributed by atoms with van der Waals surface area (Å²) < 4.78 is 10.8. The number of ether oxygens (including phenoxy) is 2. The summed E-state index contributed by atoms with van der Waals surface area (Å²) in [7, 11) is 1.65. The zero-order valence-corrected chi connectivity index (χ0v) is 16.9. The molecule has 154 valence electrons. The number of likely N-dealkylation sites (tertiary alicyclic amines) is 1. The molecule has 0 saturated carbocycles. The summed E-state index contributed by atoms with van der Waals surface area (Å²) in [6, 6.07) is 7.65. The van der Waals surface area contributed by atoms with Gasteiger partial charge >= 0.3 is 0 Å². The number of amides is 2. The molecule has 0 spiro atoms. The van der Waals surface area contributed by atoms with Crippen molar-refractivity contribution in [2.24, 2.45) is 0 Å². The summed E-state index contributed by atoms with van der Waals surface area (Å²) >= 11 is 0. The van der Waals surface area contributed by atoms with Crippen LogP contribution in [0.1, 0.15) is 18.4 Å². The highest BCUT2D eigenvalue weighted by atomic mass is 16.5. The van der Waals surface area contributed by atoms with Gasteiger partial charge in [0.05, 0.1) is 12.6 Å². The van der Waals surface area contributed by atoms with Gasteiger partial charge in [-0.2, -0.15) is 0 Å². The summed E-state index contributed by atoms with van der Waals surface area (Å²) in [6.07, 6.45) is 1.73. The number of carbonyl (C=O) groups is 2.